The van der Waals surface area contributed by atoms with Gasteiger partial charge in [0.2, 0.25) is 5.90 Å². The average molecular weight is 271 g/mol. The van der Waals surface area contributed by atoms with Crippen LogP contribution in [-0.4, -0.2) is 49.9 Å². The Bertz CT molecular complexity index is 666. The van der Waals surface area contributed by atoms with Gasteiger partial charge in [0.15, 0.2) is 0 Å². The summed E-state index contributed by atoms with van der Waals surface area (Å²) in [6.45, 7) is 1.78. The molecule has 0 saturated heterocycles. The Morgan fingerprint density at radius 1 is 1.37 bits per heavy atom. The zero-order chi connectivity index (χ0) is 20.7. The monoisotopic (exact) mass is 271 g/mol. The Balaban J connectivity index is 2.13. The van der Waals surface area contributed by atoms with Crippen molar-refractivity contribution in [2.75, 3.05) is 33.4 Å². The van der Waals surface area contributed by atoms with Crippen molar-refractivity contribution in [1.29, 1.82) is 0 Å². The Morgan fingerprint density at radius 3 is 3.05 bits per heavy atom. The van der Waals surface area contributed by atoms with Crippen molar-refractivity contribution in [3.05, 3.63) is 11.6 Å². The second-order valence-corrected chi connectivity index (χ2v) is 4.33. The van der Waals surface area contributed by atoms with Crippen molar-refractivity contribution in [3.8, 4) is 0 Å². The fourth-order valence-corrected chi connectivity index (χ4v) is 1.98. The molecule has 0 fully saturated rings. The molecule has 0 amide bonds. The minimum Gasteiger partial charge on any atom is -0.476 e. The van der Waals surface area contributed by atoms with Crippen molar-refractivity contribution >= 4 is 11.6 Å². The van der Waals surface area contributed by atoms with Gasteiger partial charge in [-0.25, -0.2) is 4.99 Å². The third kappa shape index (κ3) is 4.16. The highest BCUT2D eigenvalue weighted by Gasteiger charge is 2.22. The van der Waals surface area contributed by atoms with Crippen LogP contribution in [0.15, 0.2) is 21.6 Å². The van der Waals surface area contributed by atoms with Gasteiger partial charge in [-0.1, -0.05) is 32.1 Å². The van der Waals surface area contributed by atoms with Crippen LogP contribution in [-0.2, 0) is 4.74 Å². The molecule has 0 aliphatic carbocycles. The van der Waals surface area contributed by atoms with Gasteiger partial charge in [0, 0.05) is 24.1 Å². The molecule has 0 unspecified atom stereocenters. The van der Waals surface area contributed by atoms with Crippen molar-refractivity contribution in [2.24, 2.45) is 9.98 Å². The molecule has 106 valence electrons. The van der Waals surface area contributed by atoms with Gasteiger partial charge in [-0.2, -0.15) is 0 Å². The first kappa shape index (κ1) is 7.02. The van der Waals surface area contributed by atoms with Crippen LogP contribution in [0.4, 0.5) is 0 Å². The van der Waals surface area contributed by atoms with Gasteiger partial charge >= 0.3 is 0 Å². The van der Waals surface area contributed by atoms with E-state index in [-0.39, 0.29) is 12.6 Å². The fraction of sp³-hybridized carbons (Fsp3) is 0.733. The van der Waals surface area contributed by atoms with Crippen LogP contribution in [0.25, 0.3) is 0 Å². The zero-order valence-corrected chi connectivity index (χ0v) is 11.4. The highest BCUT2D eigenvalue weighted by Crippen LogP contribution is 2.14. The molecule has 0 radical (unpaired) electrons. The summed E-state index contributed by atoms with van der Waals surface area (Å²) in [7, 11) is 1.97. The molecule has 0 saturated carbocycles. The molecule has 0 aromatic heterocycles. The fourth-order valence-electron chi connectivity index (χ4n) is 1.98. The largest absolute Gasteiger partial charge is 0.476 e. The molecule has 0 N–H and O–H groups in total. The van der Waals surface area contributed by atoms with Gasteiger partial charge < -0.3 is 9.64 Å². The van der Waals surface area contributed by atoms with Crippen LogP contribution in [0.2, 0.25) is 0 Å². The number of hydrogen-bond acceptors (Lipinski definition) is 4. The second-order valence-electron chi connectivity index (χ2n) is 4.33. The second kappa shape index (κ2) is 7.43. The molecule has 4 nitrogen and oxygen atoms in total. The van der Waals surface area contributed by atoms with E-state index in [4.69, 9.17) is 15.7 Å². The summed E-state index contributed by atoms with van der Waals surface area (Å²) in [4.78, 5) is 10.5. The zero-order valence-electron chi connectivity index (χ0n) is 19.4. The molecular formula is C15H25N3O. The van der Waals surface area contributed by atoms with E-state index in [1.807, 2.05) is 13.1 Å². The number of nitrogens with zero attached hydrogens (tertiary/aromatic N) is 3. The maximum atomic E-state index is 8.01. The molecule has 4 heteroatoms. The van der Waals surface area contributed by atoms with Crippen LogP contribution in [0.1, 0.15) is 49.8 Å². The van der Waals surface area contributed by atoms with E-state index in [0.717, 1.165) is 25.5 Å². The van der Waals surface area contributed by atoms with Crippen molar-refractivity contribution in [3.63, 3.8) is 0 Å². The van der Waals surface area contributed by atoms with Gasteiger partial charge in [0.05, 0.1) is 6.61 Å². The molecule has 2 aliphatic heterocycles. The van der Waals surface area contributed by atoms with E-state index in [0.29, 0.717) is 12.3 Å². The lowest BCUT2D eigenvalue weighted by atomic mass is 10.1. The predicted octanol–water partition coefficient (Wildman–Crippen LogP) is 2.66. The van der Waals surface area contributed by atoms with E-state index in [1.54, 1.807) is 0 Å². The van der Waals surface area contributed by atoms with E-state index >= 15 is 0 Å². The molecule has 0 aromatic carbocycles. The highest BCUT2D eigenvalue weighted by atomic mass is 16.5. The van der Waals surface area contributed by atoms with E-state index in [9.17, 15) is 0 Å². The minimum atomic E-state index is -3.14. The lowest BCUT2D eigenvalue weighted by Crippen LogP contribution is -2.31. The van der Waals surface area contributed by atoms with Gasteiger partial charge in [-0.3, -0.25) is 4.99 Å². The van der Waals surface area contributed by atoms with E-state index in [2.05, 4.69) is 14.9 Å². The quantitative estimate of drug-likeness (QED) is 0.745. The summed E-state index contributed by atoms with van der Waals surface area (Å²) in [5.41, 5.74) is 1.41. The molecule has 0 spiro atoms. The van der Waals surface area contributed by atoms with Gasteiger partial charge in [0.1, 0.15) is 12.4 Å². The van der Waals surface area contributed by atoms with Crippen LogP contribution in [0, 0.1) is 0 Å². The molecule has 19 heavy (non-hydrogen) atoms. The highest BCUT2D eigenvalue weighted by molar-refractivity contribution is 6.46. The number of rotatable bonds is 6. The SMILES string of the molecule is [2H]C([2H])(C)C([2H])([2H])C([2H])([2H])C([2H])([2H])COC1=NCN=C1C1=CCCN(C)C1. The molecule has 2 rings (SSSR count). The van der Waals surface area contributed by atoms with Crippen molar-refractivity contribution in [2.45, 2.75) is 38.8 Å². The van der Waals surface area contributed by atoms with Crippen molar-refractivity contribution < 1.29 is 15.7 Å². The Kier molecular flexibility index (Phi) is 2.75. The minimum absolute atomic E-state index is 0.108. The summed E-state index contributed by atoms with van der Waals surface area (Å²) >= 11 is 0. The molecule has 0 aromatic rings. The van der Waals surface area contributed by atoms with E-state index in [1.165, 1.54) is 0 Å². The Morgan fingerprint density at radius 2 is 2.26 bits per heavy atom. The van der Waals surface area contributed by atoms with Crippen LogP contribution < -0.4 is 0 Å². The molecule has 0 atom stereocenters. The van der Waals surface area contributed by atoms with Gasteiger partial charge in [-0.05, 0) is 25.4 Å². The molecular weight excluding hydrogens is 238 g/mol. The maximum absolute atomic E-state index is 8.01. The predicted molar refractivity (Wildman–Crippen MR) is 80.0 cm³/mol. The summed E-state index contributed by atoms with van der Waals surface area (Å²) in [6, 6.07) is 0. The third-order valence-electron chi connectivity index (χ3n) is 2.85. The van der Waals surface area contributed by atoms with Gasteiger partial charge in [0.25, 0.3) is 0 Å². The van der Waals surface area contributed by atoms with E-state index < -0.39 is 32.1 Å². The molecule has 0 bridgehead atoms. The molecule has 2 heterocycles. The van der Waals surface area contributed by atoms with Crippen LogP contribution in [0.3, 0.4) is 0 Å². The number of aliphatic imine (C=N–C) groups is 2. The standard InChI is InChI=1S/C15H25N3O/c1-3-4-5-6-10-19-15-14(16-12-17-15)13-8-7-9-18(2)11-13/h8H,3-7,9-12H2,1-2H3/i3D2,4D2,5D2,6D2. The Labute approximate surface area is 127 Å². The summed E-state index contributed by atoms with van der Waals surface area (Å²) in [6.07, 6.45) is -8.74. The smallest absolute Gasteiger partial charge is 0.237 e. The lowest BCUT2D eigenvalue weighted by molar-refractivity contribution is 0.298. The normalized spacial score (nSPS) is 29.3. The van der Waals surface area contributed by atoms with Gasteiger partial charge in [-0.15, -0.1) is 0 Å². The van der Waals surface area contributed by atoms with Crippen LogP contribution in [0.5, 0.6) is 0 Å². The first-order valence-electron chi connectivity index (χ1n) is 10.3. The first-order chi connectivity index (χ1) is 12.2. The van der Waals surface area contributed by atoms with Crippen molar-refractivity contribution in [1.82, 2.24) is 4.90 Å². The topological polar surface area (TPSA) is 37.2 Å². The lowest BCUT2D eigenvalue weighted by Gasteiger charge is -2.23. The number of ether oxygens (including phenoxy) is 1. The number of hydrogen-bond donors (Lipinski definition) is 0. The maximum Gasteiger partial charge on any atom is 0.237 e. The Hall–Kier alpha value is -1.16. The molecule has 2 aliphatic rings. The van der Waals surface area contributed by atoms with Crippen LogP contribution >= 0.6 is 0 Å². The third-order valence-corrected chi connectivity index (χ3v) is 2.85. The average Bonchev–Trinajstić information content (AvgIpc) is 3.00. The summed E-state index contributed by atoms with van der Waals surface area (Å²) in [5, 5.41) is 0. The summed E-state index contributed by atoms with van der Waals surface area (Å²) in [5.74, 6) is 0.108. The summed E-state index contributed by atoms with van der Waals surface area (Å²) < 4.78 is 68.0. The number of likely N-dealkylation sites (N-methyl/N-ethyl adjacent to an activating group) is 1. The first-order valence-corrected chi connectivity index (χ1v) is 6.31.